The average Bonchev–Trinajstić information content (AvgIpc) is 2.63. The molecule has 25 heavy (non-hydrogen) atoms. The maximum Gasteiger partial charge on any atom is 0.261 e. The fourth-order valence-corrected chi connectivity index (χ4v) is 3.24. The summed E-state index contributed by atoms with van der Waals surface area (Å²) in [6, 6.07) is 15.8. The summed E-state index contributed by atoms with van der Waals surface area (Å²) in [4.78, 5) is 12.3. The molecule has 2 aromatic carbocycles. The van der Waals surface area contributed by atoms with Crippen LogP contribution in [0.1, 0.15) is 24.5 Å². The molecule has 0 radical (unpaired) electrons. The highest BCUT2D eigenvalue weighted by Gasteiger charge is 2.18. The van der Waals surface area contributed by atoms with Crippen LogP contribution in [0.25, 0.3) is 0 Å². The molecule has 0 spiro atoms. The van der Waals surface area contributed by atoms with Crippen molar-refractivity contribution in [3.63, 3.8) is 0 Å². The Bertz CT molecular complexity index is 679. The quantitative estimate of drug-likeness (QED) is 0.634. The molecule has 0 saturated carbocycles. The van der Waals surface area contributed by atoms with Crippen LogP contribution in [0.15, 0.2) is 48.5 Å². The number of carbonyl (C=O) groups is 1. The molecule has 5 heteroatoms. The minimum absolute atomic E-state index is 0.0737. The minimum Gasteiger partial charge on any atom is -0.481 e. The molecular weight excluding hydrogens is 354 g/mol. The lowest BCUT2D eigenvalue weighted by molar-refractivity contribution is -0.127. The molecule has 1 N–H and O–H groups in total. The SMILES string of the molecule is CC[C@@H](Oc1ccc(Cl)c(C)c1)C(=O)NCCSCc1ccccc1. The summed E-state index contributed by atoms with van der Waals surface area (Å²) in [5.41, 5.74) is 2.23. The van der Waals surface area contributed by atoms with Crippen LogP contribution in [-0.2, 0) is 10.5 Å². The lowest BCUT2D eigenvalue weighted by Gasteiger charge is -2.17. The van der Waals surface area contributed by atoms with Gasteiger partial charge in [-0.2, -0.15) is 11.8 Å². The van der Waals surface area contributed by atoms with Crippen LogP contribution < -0.4 is 10.1 Å². The predicted octanol–water partition coefficient (Wildman–Crippen LogP) is 4.86. The van der Waals surface area contributed by atoms with Gasteiger partial charge in [-0.25, -0.2) is 0 Å². The second-order valence-corrected chi connectivity index (χ2v) is 7.27. The van der Waals surface area contributed by atoms with E-state index in [0.29, 0.717) is 23.7 Å². The van der Waals surface area contributed by atoms with Gasteiger partial charge in [-0.3, -0.25) is 4.79 Å². The van der Waals surface area contributed by atoms with E-state index in [1.165, 1.54) is 5.56 Å². The summed E-state index contributed by atoms with van der Waals surface area (Å²) in [5.74, 6) is 2.42. The number of benzene rings is 2. The van der Waals surface area contributed by atoms with E-state index in [-0.39, 0.29) is 5.91 Å². The Morgan fingerprint density at radius 1 is 1.24 bits per heavy atom. The first-order valence-corrected chi connectivity index (χ1v) is 9.95. The van der Waals surface area contributed by atoms with Crippen LogP contribution in [0, 0.1) is 6.92 Å². The Balaban J connectivity index is 1.73. The molecule has 0 saturated heterocycles. The molecule has 0 heterocycles. The van der Waals surface area contributed by atoms with E-state index in [2.05, 4.69) is 17.4 Å². The van der Waals surface area contributed by atoms with E-state index in [0.717, 1.165) is 17.1 Å². The summed E-state index contributed by atoms with van der Waals surface area (Å²) in [7, 11) is 0. The molecule has 0 aliphatic heterocycles. The number of nitrogens with one attached hydrogen (secondary N) is 1. The topological polar surface area (TPSA) is 38.3 Å². The summed E-state index contributed by atoms with van der Waals surface area (Å²) in [6.07, 6.45) is 0.129. The fraction of sp³-hybridized carbons (Fsp3) is 0.350. The van der Waals surface area contributed by atoms with Crippen LogP contribution in [0.3, 0.4) is 0 Å². The number of rotatable bonds is 9. The molecule has 1 atom stereocenters. The number of thioether (sulfide) groups is 1. The smallest absolute Gasteiger partial charge is 0.261 e. The lowest BCUT2D eigenvalue weighted by atomic mass is 10.2. The van der Waals surface area contributed by atoms with E-state index < -0.39 is 6.10 Å². The Labute approximate surface area is 159 Å². The molecule has 134 valence electrons. The van der Waals surface area contributed by atoms with Gasteiger partial charge < -0.3 is 10.1 Å². The van der Waals surface area contributed by atoms with Crippen LogP contribution in [-0.4, -0.2) is 24.3 Å². The lowest BCUT2D eigenvalue weighted by Crippen LogP contribution is -2.39. The van der Waals surface area contributed by atoms with E-state index in [9.17, 15) is 4.79 Å². The maximum absolute atomic E-state index is 12.3. The zero-order valence-electron chi connectivity index (χ0n) is 14.6. The van der Waals surface area contributed by atoms with Crippen molar-refractivity contribution in [1.29, 1.82) is 0 Å². The molecular formula is C20H24ClNO2S. The van der Waals surface area contributed by atoms with Crippen molar-refractivity contribution in [3.05, 3.63) is 64.7 Å². The molecule has 0 unspecified atom stereocenters. The number of halogens is 1. The Hall–Kier alpha value is -1.65. The number of hydrogen-bond donors (Lipinski definition) is 1. The molecule has 3 nitrogen and oxygen atoms in total. The van der Waals surface area contributed by atoms with Gasteiger partial charge in [0.1, 0.15) is 5.75 Å². The van der Waals surface area contributed by atoms with Crippen molar-refractivity contribution in [1.82, 2.24) is 5.32 Å². The largest absolute Gasteiger partial charge is 0.481 e. The van der Waals surface area contributed by atoms with Gasteiger partial charge in [0.05, 0.1) is 0 Å². The van der Waals surface area contributed by atoms with Crippen LogP contribution in [0.4, 0.5) is 0 Å². The van der Waals surface area contributed by atoms with Gasteiger partial charge in [-0.1, -0.05) is 48.9 Å². The first-order chi connectivity index (χ1) is 12.1. The third-order valence-corrected chi connectivity index (χ3v) is 5.18. The van der Waals surface area contributed by atoms with E-state index in [4.69, 9.17) is 16.3 Å². The number of carbonyl (C=O) groups excluding carboxylic acids is 1. The van der Waals surface area contributed by atoms with Crippen LogP contribution >= 0.6 is 23.4 Å². The normalized spacial score (nSPS) is 11.8. The fourth-order valence-electron chi connectivity index (χ4n) is 2.30. The van der Waals surface area contributed by atoms with Crippen molar-refractivity contribution < 1.29 is 9.53 Å². The minimum atomic E-state index is -0.486. The molecule has 1 amide bonds. The number of hydrogen-bond acceptors (Lipinski definition) is 3. The third kappa shape index (κ3) is 6.63. The Morgan fingerprint density at radius 2 is 2.00 bits per heavy atom. The van der Waals surface area contributed by atoms with Gasteiger partial charge in [0.2, 0.25) is 0 Å². The molecule has 0 aliphatic carbocycles. The van der Waals surface area contributed by atoms with Crippen molar-refractivity contribution in [2.45, 2.75) is 32.1 Å². The van der Waals surface area contributed by atoms with Crippen molar-refractivity contribution in [2.24, 2.45) is 0 Å². The molecule has 2 aromatic rings. The molecule has 2 rings (SSSR count). The number of amides is 1. The van der Waals surface area contributed by atoms with E-state index >= 15 is 0 Å². The predicted molar refractivity (Wildman–Crippen MR) is 107 cm³/mol. The van der Waals surface area contributed by atoms with Crippen molar-refractivity contribution >= 4 is 29.3 Å². The molecule has 0 bridgehead atoms. The van der Waals surface area contributed by atoms with Crippen LogP contribution in [0.2, 0.25) is 5.02 Å². The average molecular weight is 378 g/mol. The van der Waals surface area contributed by atoms with Gasteiger partial charge in [0, 0.05) is 23.1 Å². The van der Waals surface area contributed by atoms with Gasteiger partial charge in [0.15, 0.2) is 6.10 Å². The standard InChI is InChI=1S/C20H24ClNO2S/c1-3-19(24-17-9-10-18(21)15(2)13-17)20(23)22-11-12-25-14-16-7-5-4-6-8-16/h4-10,13,19H,3,11-12,14H2,1-2H3,(H,22,23)/t19-/m1/s1. The monoisotopic (exact) mass is 377 g/mol. The number of ether oxygens (including phenoxy) is 1. The van der Waals surface area contributed by atoms with E-state index in [1.807, 2.05) is 38.1 Å². The highest BCUT2D eigenvalue weighted by atomic mass is 35.5. The summed E-state index contributed by atoms with van der Waals surface area (Å²) < 4.78 is 5.81. The molecule has 0 fully saturated rings. The first kappa shape index (κ1) is 19.7. The zero-order chi connectivity index (χ0) is 18.1. The van der Waals surface area contributed by atoms with Crippen molar-refractivity contribution in [2.75, 3.05) is 12.3 Å². The Morgan fingerprint density at radius 3 is 2.68 bits per heavy atom. The number of aryl methyl sites for hydroxylation is 1. The molecule has 0 aromatic heterocycles. The second kappa shape index (κ2) is 10.4. The summed E-state index contributed by atoms with van der Waals surface area (Å²) >= 11 is 7.82. The van der Waals surface area contributed by atoms with Crippen molar-refractivity contribution in [3.8, 4) is 5.75 Å². The highest BCUT2D eigenvalue weighted by Crippen LogP contribution is 2.22. The highest BCUT2D eigenvalue weighted by molar-refractivity contribution is 7.98. The zero-order valence-corrected chi connectivity index (χ0v) is 16.2. The van der Waals surface area contributed by atoms with Crippen LogP contribution in [0.5, 0.6) is 5.75 Å². The van der Waals surface area contributed by atoms with Gasteiger partial charge >= 0.3 is 0 Å². The van der Waals surface area contributed by atoms with Gasteiger partial charge in [-0.15, -0.1) is 0 Å². The second-order valence-electron chi connectivity index (χ2n) is 5.75. The summed E-state index contributed by atoms with van der Waals surface area (Å²) in [6.45, 7) is 4.49. The molecule has 0 aliphatic rings. The van der Waals surface area contributed by atoms with Gasteiger partial charge in [0.25, 0.3) is 5.91 Å². The summed E-state index contributed by atoms with van der Waals surface area (Å²) in [5, 5.41) is 3.65. The van der Waals surface area contributed by atoms with Gasteiger partial charge in [-0.05, 0) is 42.7 Å². The first-order valence-electron chi connectivity index (χ1n) is 8.42. The Kier molecular flexibility index (Phi) is 8.16. The third-order valence-electron chi connectivity index (χ3n) is 3.73. The van der Waals surface area contributed by atoms with E-state index in [1.54, 1.807) is 23.9 Å². The maximum atomic E-state index is 12.3.